The Balaban J connectivity index is 1.48. The average Bonchev–Trinajstić information content (AvgIpc) is 2.52. The van der Waals surface area contributed by atoms with Crippen LogP contribution in [0.15, 0.2) is 28.0 Å². The molecule has 3 aliphatic carbocycles. The second-order valence-corrected chi connectivity index (χ2v) is 8.20. The third-order valence-corrected chi connectivity index (χ3v) is 6.06. The zero-order valence-corrected chi connectivity index (χ0v) is 15.5. The van der Waals surface area contributed by atoms with Crippen molar-refractivity contribution in [3.05, 3.63) is 29.1 Å². The van der Waals surface area contributed by atoms with Crippen LogP contribution in [-0.2, 0) is 4.79 Å². The van der Waals surface area contributed by atoms with Crippen LogP contribution in [0.3, 0.4) is 0 Å². The molecule has 128 valence electrons. The monoisotopic (exact) mass is 344 g/mol. The van der Waals surface area contributed by atoms with Gasteiger partial charge in [-0.05, 0) is 55.6 Å². The molecule has 0 spiro atoms. The molecule has 1 amide bonds. The SMILES string of the molecule is Cc1cc(C)nc(SCC(=O)N/N=C/C2=CCC3CC2C3(C)C)n1. The van der Waals surface area contributed by atoms with Gasteiger partial charge in [-0.2, -0.15) is 5.10 Å². The first kappa shape index (κ1) is 17.1. The number of amides is 1. The van der Waals surface area contributed by atoms with Crippen molar-refractivity contribution < 1.29 is 4.79 Å². The molecule has 2 bridgehead atoms. The van der Waals surface area contributed by atoms with Gasteiger partial charge in [-0.3, -0.25) is 4.79 Å². The zero-order valence-electron chi connectivity index (χ0n) is 14.7. The Hall–Kier alpha value is -1.69. The number of rotatable bonds is 5. The highest BCUT2D eigenvalue weighted by atomic mass is 32.2. The van der Waals surface area contributed by atoms with Crippen LogP contribution in [0.1, 0.15) is 38.1 Å². The van der Waals surface area contributed by atoms with Crippen molar-refractivity contribution in [2.24, 2.45) is 22.4 Å². The molecule has 5 nitrogen and oxygen atoms in total. The summed E-state index contributed by atoms with van der Waals surface area (Å²) in [6, 6.07) is 1.92. The van der Waals surface area contributed by atoms with Crippen molar-refractivity contribution in [2.75, 3.05) is 5.75 Å². The predicted molar refractivity (Wildman–Crippen MR) is 96.9 cm³/mol. The lowest BCUT2D eigenvalue weighted by molar-refractivity contribution is -0.118. The summed E-state index contributed by atoms with van der Waals surface area (Å²) in [6.07, 6.45) is 6.45. The van der Waals surface area contributed by atoms with Crippen molar-refractivity contribution in [1.29, 1.82) is 0 Å². The van der Waals surface area contributed by atoms with E-state index in [2.05, 4.69) is 40.4 Å². The number of carbonyl (C=O) groups is 1. The molecule has 1 fully saturated rings. The maximum absolute atomic E-state index is 11.9. The highest BCUT2D eigenvalue weighted by Crippen LogP contribution is 2.58. The van der Waals surface area contributed by atoms with Gasteiger partial charge in [0.25, 0.3) is 5.91 Å². The highest BCUT2D eigenvalue weighted by Gasteiger charge is 2.50. The van der Waals surface area contributed by atoms with E-state index in [-0.39, 0.29) is 11.7 Å². The number of nitrogens with one attached hydrogen (secondary N) is 1. The van der Waals surface area contributed by atoms with Crippen molar-refractivity contribution >= 4 is 23.9 Å². The summed E-state index contributed by atoms with van der Waals surface area (Å²) in [5.74, 6) is 1.51. The normalized spacial score (nSPS) is 24.4. The fraction of sp³-hybridized carbons (Fsp3) is 0.556. The fourth-order valence-electron chi connectivity index (χ4n) is 3.64. The summed E-state index contributed by atoms with van der Waals surface area (Å²) in [7, 11) is 0. The molecule has 1 aromatic rings. The summed E-state index contributed by atoms with van der Waals surface area (Å²) in [4.78, 5) is 20.6. The number of hydrazone groups is 1. The maximum atomic E-state index is 11.9. The molecule has 0 aliphatic heterocycles. The first-order valence-electron chi connectivity index (χ1n) is 8.33. The van der Waals surface area contributed by atoms with Crippen LogP contribution in [0.4, 0.5) is 0 Å². The molecule has 1 saturated carbocycles. The van der Waals surface area contributed by atoms with Crippen molar-refractivity contribution in [3.63, 3.8) is 0 Å². The third kappa shape index (κ3) is 3.53. The molecule has 4 rings (SSSR count). The van der Waals surface area contributed by atoms with Gasteiger partial charge in [-0.1, -0.05) is 31.7 Å². The molecule has 0 saturated heterocycles. The number of carbonyl (C=O) groups excluding carboxylic acids is 1. The van der Waals surface area contributed by atoms with E-state index in [0.717, 1.165) is 23.7 Å². The first-order valence-corrected chi connectivity index (χ1v) is 9.32. The van der Waals surface area contributed by atoms with Gasteiger partial charge in [0.2, 0.25) is 0 Å². The molecule has 1 aromatic heterocycles. The number of hydrogen-bond donors (Lipinski definition) is 1. The largest absolute Gasteiger partial charge is 0.272 e. The molecule has 0 aromatic carbocycles. The van der Waals surface area contributed by atoms with Crippen molar-refractivity contribution in [2.45, 2.75) is 45.7 Å². The van der Waals surface area contributed by atoms with E-state index in [4.69, 9.17) is 0 Å². The molecule has 1 heterocycles. The molecule has 24 heavy (non-hydrogen) atoms. The molecule has 2 atom stereocenters. The highest BCUT2D eigenvalue weighted by molar-refractivity contribution is 7.99. The Morgan fingerprint density at radius 1 is 1.42 bits per heavy atom. The lowest BCUT2D eigenvalue weighted by atomic mass is 9.49. The van der Waals surface area contributed by atoms with Gasteiger partial charge in [-0.15, -0.1) is 0 Å². The number of allylic oxidation sites excluding steroid dienone is 2. The van der Waals surface area contributed by atoms with E-state index in [0.29, 0.717) is 16.5 Å². The molecule has 3 aliphatic rings. The van der Waals surface area contributed by atoms with Gasteiger partial charge >= 0.3 is 0 Å². The Kier molecular flexibility index (Phi) is 4.76. The Bertz CT molecular complexity index is 691. The van der Waals surface area contributed by atoms with E-state index >= 15 is 0 Å². The molecule has 2 unspecified atom stereocenters. The average molecular weight is 344 g/mol. The van der Waals surface area contributed by atoms with Crippen LogP contribution >= 0.6 is 11.8 Å². The van der Waals surface area contributed by atoms with Crippen LogP contribution in [0.25, 0.3) is 0 Å². The second kappa shape index (κ2) is 6.67. The van der Waals surface area contributed by atoms with Crippen LogP contribution in [0.2, 0.25) is 0 Å². The molecular weight excluding hydrogens is 320 g/mol. The summed E-state index contributed by atoms with van der Waals surface area (Å²) in [6.45, 7) is 8.50. The molecular formula is C18H24N4OS. The van der Waals surface area contributed by atoms with Crippen LogP contribution in [0.5, 0.6) is 0 Å². The topological polar surface area (TPSA) is 67.2 Å². The lowest BCUT2D eigenvalue weighted by Crippen LogP contribution is -2.48. The third-order valence-electron chi connectivity index (χ3n) is 5.21. The van der Waals surface area contributed by atoms with Gasteiger partial charge in [0.05, 0.1) is 12.0 Å². The van der Waals surface area contributed by atoms with E-state index in [1.54, 1.807) is 0 Å². The van der Waals surface area contributed by atoms with Crippen LogP contribution < -0.4 is 5.43 Å². The van der Waals surface area contributed by atoms with Crippen molar-refractivity contribution in [3.8, 4) is 0 Å². The van der Waals surface area contributed by atoms with Gasteiger partial charge in [-0.25, -0.2) is 15.4 Å². The number of aryl methyl sites for hydroxylation is 2. The van der Waals surface area contributed by atoms with Gasteiger partial charge in [0.1, 0.15) is 0 Å². The molecule has 6 heteroatoms. The summed E-state index contributed by atoms with van der Waals surface area (Å²) in [5.41, 5.74) is 6.06. The Morgan fingerprint density at radius 2 is 2.12 bits per heavy atom. The van der Waals surface area contributed by atoms with Gasteiger partial charge in [0.15, 0.2) is 5.16 Å². The number of hydrogen-bond acceptors (Lipinski definition) is 5. The minimum atomic E-state index is -0.138. The summed E-state index contributed by atoms with van der Waals surface area (Å²) >= 11 is 1.33. The number of thioether (sulfide) groups is 1. The van der Waals surface area contributed by atoms with E-state index in [9.17, 15) is 4.79 Å². The number of nitrogens with zero attached hydrogens (tertiary/aromatic N) is 3. The van der Waals surface area contributed by atoms with Crippen LogP contribution in [0, 0.1) is 31.1 Å². The van der Waals surface area contributed by atoms with Gasteiger partial charge in [0, 0.05) is 11.4 Å². The minimum absolute atomic E-state index is 0.138. The fourth-order valence-corrected chi connectivity index (χ4v) is 4.39. The molecule has 0 radical (unpaired) electrons. The maximum Gasteiger partial charge on any atom is 0.250 e. The zero-order chi connectivity index (χ0) is 17.3. The van der Waals surface area contributed by atoms with Crippen molar-refractivity contribution in [1.82, 2.24) is 15.4 Å². The quantitative estimate of drug-likeness (QED) is 0.385. The standard InChI is InChI=1S/C18H24N4OS/c1-11-7-12(2)21-17(20-11)24-10-16(23)22-19-9-13-5-6-14-8-15(13)18(14,3)4/h5,7,9,14-15H,6,8,10H2,1-4H3,(H,22,23)/b19-9+. The smallest absolute Gasteiger partial charge is 0.250 e. The summed E-state index contributed by atoms with van der Waals surface area (Å²) < 4.78 is 0. The minimum Gasteiger partial charge on any atom is -0.272 e. The first-order chi connectivity index (χ1) is 11.4. The number of aromatic nitrogens is 2. The Morgan fingerprint density at radius 3 is 2.75 bits per heavy atom. The van der Waals surface area contributed by atoms with Gasteiger partial charge < -0.3 is 0 Å². The summed E-state index contributed by atoms with van der Waals surface area (Å²) in [5, 5.41) is 4.76. The Labute approximate surface area is 147 Å². The van der Waals surface area contributed by atoms with E-state index < -0.39 is 0 Å². The molecule has 1 N–H and O–H groups in total. The predicted octanol–water partition coefficient (Wildman–Crippen LogP) is 3.28. The second-order valence-electron chi connectivity index (χ2n) is 7.26. The number of fused-ring (bicyclic) bond motifs is 1. The van der Waals surface area contributed by atoms with Crippen LogP contribution in [-0.4, -0.2) is 27.8 Å². The van der Waals surface area contributed by atoms with E-state index in [1.165, 1.54) is 23.8 Å². The van der Waals surface area contributed by atoms with E-state index in [1.807, 2.05) is 26.1 Å². The lowest BCUT2D eigenvalue weighted by Gasteiger charge is -2.55.